The summed E-state index contributed by atoms with van der Waals surface area (Å²) in [6, 6.07) is 4.60. The average Bonchev–Trinajstić information content (AvgIpc) is 3.16. The minimum absolute atomic E-state index is 0.0879. The van der Waals surface area contributed by atoms with Crippen molar-refractivity contribution >= 4 is 21.8 Å². The maximum Gasteiger partial charge on any atom is 0.275 e. The van der Waals surface area contributed by atoms with Crippen LogP contribution < -0.4 is 10.3 Å². The van der Waals surface area contributed by atoms with E-state index in [1.54, 1.807) is 17.5 Å². The lowest BCUT2D eigenvalue weighted by Gasteiger charge is -2.31. The Labute approximate surface area is 221 Å². The number of nitrogens with one attached hydrogen (secondary N) is 1. The number of aromatic amines is 1. The molecule has 2 aromatic heterocycles. The number of fused-ring (bicyclic) bond motifs is 1. The van der Waals surface area contributed by atoms with Crippen LogP contribution in [0.25, 0.3) is 16.9 Å². The van der Waals surface area contributed by atoms with Crippen molar-refractivity contribution in [3.05, 3.63) is 45.4 Å². The highest BCUT2D eigenvalue weighted by molar-refractivity contribution is 7.89. The van der Waals surface area contributed by atoms with E-state index in [2.05, 4.69) is 10.1 Å². The molecule has 0 radical (unpaired) electrons. The molecule has 38 heavy (non-hydrogen) atoms. The molecule has 206 valence electrons. The SMILES string of the molecule is CCCc1c(/C=N/O)c(C)c2c(=O)[nH]c(-c3cc(S(=O)(=O)N4CCC(CCO)CC4)ccc3OCC)nn12. The molecule has 12 heteroatoms. The summed E-state index contributed by atoms with van der Waals surface area (Å²) in [4.78, 5) is 16.1. The van der Waals surface area contributed by atoms with Gasteiger partial charge in [-0.25, -0.2) is 12.9 Å². The van der Waals surface area contributed by atoms with E-state index in [1.165, 1.54) is 22.7 Å². The lowest BCUT2D eigenvalue weighted by atomic mass is 9.95. The molecule has 3 heterocycles. The highest BCUT2D eigenvalue weighted by Crippen LogP contribution is 2.33. The number of aromatic nitrogens is 3. The van der Waals surface area contributed by atoms with E-state index >= 15 is 0 Å². The number of hydrogen-bond acceptors (Lipinski definition) is 8. The van der Waals surface area contributed by atoms with Crippen LogP contribution in [0.3, 0.4) is 0 Å². The molecule has 4 rings (SSSR count). The number of oxime groups is 1. The van der Waals surface area contributed by atoms with E-state index in [-0.39, 0.29) is 17.3 Å². The van der Waals surface area contributed by atoms with Crippen molar-refractivity contribution in [3.63, 3.8) is 0 Å². The average molecular weight is 546 g/mol. The van der Waals surface area contributed by atoms with E-state index in [0.717, 1.165) is 12.1 Å². The topological polar surface area (TPSA) is 150 Å². The third-order valence-corrected chi connectivity index (χ3v) is 9.01. The number of sulfonamides is 1. The van der Waals surface area contributed by atoms with Gasteiger partial charge in [-0.1, -0.05) is 18.5 Å². The van der Waals surface area contributed by atoms with E-state index < -0.39 is 15.6 Å². The van der Waals surface area contributed by atoms with Gasteiger partial charge >= 0.3 is 0 Å². The Balaban J connectivity index is 1.83. The van der Waals surface area contributed by atoms with E-state index in [0.29, 0.717) is 79.3 Å². The van der Waals surface area contributed by atoms with E-state index in [4.69, 9.17) is 9.84 Å². The summed E-state index contributed by atoms with van der Waals surface area (Å²) in [7, 11) is -3.80. The molecule has 0 atom stereocenters. The summed E-state index contributed by atoms with van der Waals surface area (Å²) in [5.41, 5.74) is 2.27. The second-order valence-electron chi connectivity index (χ2n) is 9.49. The molecule has 0 bridgehead atoms. The van der Waals surface area contributed by atoms with Crippen molar-refractivity contribution in [2.75, 3.05) is 26.3 Å². The van der Waals surface area contributed by atoms with E-state index in [9.17, 15) is 23.5 Å². The summed E-state index contributed by atoms with van der Waals surface area (Å²) >= 11 is 0. The molecule has 0 aliphatic carbocycles. The van der Waals surface area contributed by atoms with Gasteiger partial charge in [0.15, 0.2) is 5.82 Å². The second-order valence-corrected chi connectivity index (χ2v) is 11.4. The number of piperidine rings is 1. The quantitative estimate of drug-likeness (QED) is 0.201. The van der Waals surface area contributed by atoms with Crippen molar-refractivity contribution in [1.82, 2.24) is 18.9 Å². The highest BCUT2D eigenvalue weighted by Gasteiger charge is 2.30. The molecule has 11 nitrogen and oxygen atoms in total. The normalized spacial score (nSPS) is 15.6. The van der Waals surface area contributed by atoms with E-state index in [1.807, 2.05) is 13.8 Å². The molecule has 1 aliphatic rings. The maximum atomic E-state index is 13.5. The minimum atomic E-state index is -3.80. The number of benzene rings is 1. The molecule has 0 amide bonds. The molecule has 0 saturated carbocycles. The Hall–Kier alpha value is -3.22. The van der Waals surface area contributed by atoms with Crippen molar-refractivity contribution in [1.29, 1.82) is 0 Å². The molecule has 1 saturated heterocycles. The Kier molecular flexibility index (Phi) is 8.54. The first-order valence-electron chi connectivity index (χ1n) is 13.0. The van der Waals surface area contributed by atoms with Gasteiger partial charge in [-0.05, 0) is 69.2 Å². The number of aliphatic hydroxyl groups excluding tert-OH is 1. The molecular weight excluding hydrogens is 510 g/mol. The zero-order valence-electron chi connectivity index (χ0n) is 22.0. The standard InChI is InChI=1S/C26H35N5O6S/c1-4-6-22-21(16-27-34)17(3)24-26(33)28-25(29-31(22)24)20-15-19(7-8-23(20)37-5-2)38(35,36)30-12-9-18(10-13-30)11-14-32/h7-8,15-16,18,32,34H,4-6,9-14H2,1-3H3,(H,28,29,33)/b27-16+. The molecule has 3 aromatic rings. The van der Waals surface area contributed by atoms with Crippen LogP contribution in [0.1, 0.15) is 56.4 Å². The Morgan fingerprint density at radius 2 is 2.00 bits per heavy atom. The fraction of sp³-hybridized carbons (Fsp3) is 0.500. The van der Waals surface area contributed by atoms with Gasteiger partial charge in [-0.3, -0.25) is 4.79 Å². The number of H-pyrrole nitrogens is 1. The van der Waals surface area contributed by atoms with Crippen LogP contribution in [-0.2, 0) is 16.4 Å². The van der Waals surface area contributed by atoms with Gasteiger partial charge in [0.2, 0.25) is 10.0 Å². The predicted molar refractivity (Wildman–Crippen MR) is 144 cm³/mol. The van der Waals surface area contributed by atoms with Crippen LogP contribution in [0.5, 0.6) is 5.75 Å². The number of aryl methyl sites for hydroxylation is 2. The van der Waals surface area contributed by atoms with Gasteiger partial charge in [-0.15, -0.1) is 5.10 Å². The third kappa shape index (κ3) is 5.20. The molecule has 3 N–H and O–H groups in total. The van der Waals surface area contributed by atoms with Crippen molar-refractivity contribution in [2.24, 2.45) is 11.1 Å². The van der Waals surface area contributed by atoms with Gasteiger partial charge in [0.25, 0.3) is 5.56 Å². The first kappa shape index (κ1) is 27.8. The molecule has 1 fully saturated rings. The number of hydrogen-bond donors (Lipinski definition) is 3. The van der Waals surface area contributed by atoms with Crippen LogP contribution in [0.15, 0.2) is 33.0 Å². The number of rotatable bonds is 10. The molecule has 0 unspecified atom stereocenters. The highest BCUT2D eigenvalue weighted by atomic mass is 32.2. The van der Waals surface area contributed by atoms with Gasteiger partial charge in [0, 0.05) is 25.3 Å². The van der Waals surface area contributed by atoms with Crippen LogP contribution in [0.2, 0.25) is 0 Å². The van der Waals surface area contributed by atoms with Crippen molar-refractivity contribution in [3.8, 4) is 17.1 Å². The Morgan fingerprint density at radius 3 is 2.63 bits per heavy atom. The molecular formula is C26H35N5O6S. The summed E-state index contributed by atoms with van der Waals surface area (Å²) in [5.74, 6) is 0.879. The van der Waals surface area contributed by atoms with Crippen LogP contribution in [0.4, 0.5) is 0 Å². The number of ether oxygens (including phenoxy) is 1. The molecule has 0 spiro atoms. The molecule has 1 aliphatic heterocycles. The Bertz CT molecular complexity index is 1490. The zero-order chi connectivity index (χ0) is 27.4. The van der Waals surface area contributed by atoms with Crippen molar-refractivity contribution < 1.29 is 23.5 Å². The predicted octanol–water partition coefficient (Wildman–Crippen LogP) is 2.94. The number of nitrogens with zero attached hydrogens (tertiary/aromatic N) is 4. The van der Waals surface area contributed by atoms with Gasteiger partial charge in [0.1, 0.15) is 11.3 Å². The molecule has 1 aromatic carbocycles. The smallest absolute Gasteiger partial charge is 0.275 e. The lowest BCUT2D eigenvalue weighted by molar-refractivity contribution is 0.208. The maximum absolute atomic E-state index is 13.5. The summed E-state index contributed by atoms with van der Waals surface area (Å²) < 4.78 is 35.9. The summed E-state index contributed by atoms with van der Waals surface area (Å²) in [6.07, 6.45) is 4.73. The van der Waals surface area contributed by atoms with Gasteiger partial charge in [-0.2, -0.15) is 4.31 Å². The first-order valence-corrected chi connectivity index (χ1v) is 14.4. The first-order chi connectivity index (χ1) is 18.3. The zero-order valence-corrected chi connectivity index (χ0v) is 22.8. The fourth-order valence-electron chi connectivity index (χ4n) is 5.15. The van der Waals surface area contributed by atoms with Crippen LogP contribution >= 0.6 is 0 Å². The second kappa shape index (κ2) is 11.7. The van der Waals surface area contributed by atoms with Crippen molar-refractivity contribution in [2.45, 2.75) is 57.8 Å². The summed E-state index contributed by atoms with van der Waals surface area (Å²) in [5, 5.41) is 26.3. The minimum Gasteiger partial charge on any atom is -0.493 e. The van der Waals surface area contributed by atoms with Gasteiger partial charge < -0.3 is 20.0 Å². The Morgan fingerprint density at radius 1 is 1.26 bits per heavy atom. The summed E-state index contributed by atoms with van der Waals surface area (Å²) in [6.45, 7) is 6.79. The third-order valence-electron chi connectivity index (χ3n) is 7.11. The fourth-order valence-corrected chi connectivity index (χ4v) is 6.65. The largest absolute Gasteiger partial charge is 0.493 e. The van der Waals surface area contributed by atoms with Gasteiger partial charge in [0.05, 0.1) is 29.0 Å². The van der Waals surface area contributed by atoms with Crippen LogP contribution in [-0.4, -0.2) is 70.2 Å². The number of aliphatic hydroxyl groups is 1. The lowest BCUT2D eigenvalue weighted by Crippen LogP contribution is -2.38. The van der Waals surface area contributed by atoms with Crippen LogP contribution in [0, 0.1) is 12.8 Å². The monoisotopic (exact) mass is 545 g/mol.